The summed E-state index contributed by atoms with van der Waals surface area (Å²) in [5.74, 6) is 0.501. The third-order valence-electron chi connectivity index (χ3n) is 2.52. The Balaban J connectivity index is 2.07. The molecule has 0 aliphatic heterocycles. The van der Waals surface area contributed by atoms with Crippen molar-refractivity contribution in [3.05, 3.63) is 24.0 Å². The molecule has 2 unspecified atom stereocenters. The molecule has 4 heteroatoms. The van der Waals surface area contributed by atoms with Gasteiger partial charge in [0, 0.05) is 12.2 Å². The van der Waals surface area contributed by atoms with Gasteiger partial charge < -0.3 is 11.1 Å². The van der Waals surface area contributed by atoms with Crippen LogP contribution >= 0.6 is 0 Å². The molecule has 2 atom stereocenters. The third-order valence-corrected chi connectivity index (χ3v) is 2.52. The Hall–Kier alpha value is -1.58. The minimum Gasteiger partial charge on any atom is -0.397 e. The van der Waals surface area contributed by atoms with Gasteiger partial charge in [-0.15, -0.1) is 0 Å². The lowest BCUT2D eigenvalue weighted by molar-refractivity contribution is 0.0950. The first-order valence-corrected chi connectivity index (χ1v) is 4.69. The minimum atomic E-state index is -0.0979. The van der Waals surface area contributed by atoms with E-state index < -0.39 is 0 Å². The van der Waals surface area contributed by atoms with E-state index in [0.29, 0.717) is 23.2 Å². The van der Waals surface area contributed by atoms with Gasteiger partial charge in [0.1, 0.15) is 0 Å². The second-order valence-corrected chi connectivity index (χ2v) is 3.76. The molecule has 1 aliphatic carbocycles. The molecule has 1 fully saturated rings. The predicted octanol–water partition coefficient (Wildman–Crippen LogP) is 0.802. The topological polar surface area (TPSA) is 68.0 Å². The predicted molar refractivity (Wildman–Crippen MR) is 53.7 cm³/mol. The van der Waals surface area contributed by atoms with Crippen molar-refractivity contribution >= 4 is 11.6 Å². The van der Waals surface area contributed by atoms with Crippen LogP contribution in [0.2, 0.25) is 0 Å². The summed E-state index contributed by atoms with van der Waals surface area (Å²) in [7, 11) is 0. The maximum absolute atomic E-state index is 11.6. The van der Waals surface area contributed by atoms with Gasteiger partial charge >= 0.3 is 0 Å². The molecule has 14 heavy (non-hydrogen) atoms. The molecule has 74 valence electrons. The summed E-state index contributed by atoms with van der Waals surface area (Å²) in [6.45, 7) is 2.11. The number of nitrogen functional groups attached to an aromatic ring is 1. The van der Waals surface area contributed by atoms with Crippen LogP contribution < -0.4 is 11.1 Å². The first kappa shape index (κ1) is 8.99. The van der Waals surface area contributed by atoms with Crippen molar-refractivity contribution in [1.29, 1.82) is 0 Å². The lowest BCUT2D eigenvalue weighted by atomic mass is 10.2. The number of nitrogens with two attached hydrogens (primary N) is 1. The van der Waals surface area contributed by atoms with E-state index in [2.05, 4.69) is 17.2 Å². The molecule has 2 rings (SSSR count). The Morgan fingerprint density at radius 2 is 2.43 bits per heavy atom. The molecular formula is C10H13N3O. The van der Waals surface area contributed by atoms with E-state index >= 15 is 0 Å². The van der Waals surface area contributed by atoms with Gasteiger partial charge in [-0.05, 0) is 18.4 Å². The maximum Gasteiger partial charge on any atom is 0.253 e. The molecule has 0 spiro atoms. The van der Waals surface area contributed by atoms with Crippen LogP contribution in [0.3, 0.4) is 0 Å². The molecule has 3 N–H and O–H groups in total. The molecule has 0 aromatic carbocycles. The number of amides is 1. The van der Waals surface area contributed by atoms with Crippen molar-refractivity contribution in [2.45, 2.75) is 19.4 Å². The summed E-state index contributed by atoms with van der Waals surface area (Å²) in [5.41, 5.74) is 6.57. The van der Waals surface area contributed by atoms with Gasteiger partial charge in [-0.3, -0.25) is 9.78 Å². The van der Waals surface area contributed by atoms with E-state index in [1.165, 1.54) is 6.20 Å². The number of carbonyl (C=O) groups is 1. The molecule has 4 nitrogen and oxygen atoms in total. The second kappa shape index (κ2) is 3.29. The Bertz CT molecular complexity index is 364. The maximum atomic E-state index is 11.6. The van der Waals surface area contributed by atoms with Crippen molar-refractivity contribution in [1.82, 2.24) is 10.3 Å². The first-order chi connectivity index (χ1) is 6.68. The van der Waals surface area contributed by atoms with E-state index in [1.54, 1.807) is 12.3 Å². The number of carbonyl (C=O) groups excluding carboxylic acids is 1. The van der Waals surface area contributed by atoms with Gasteiger partial charge in [-0.2, -0.15) is 0 Å². The average Bonchev–Trinajstić information content (AvgIpc) is 2.82. The molecule has 1 heterocycles. The van der Waals surface area contributed by atoms with Gasteiger partial charge in [-0.1, -0.05) is 6.92 Å². The summed E-state index contributed by atoms with van der Waals surface area (Å²) < 4.78 is 0. The van der Waals surface area contributed by atoms with E-state index in [4.69, 9.17) is 5.73 Å². The SMILES string of the molecule is CC1CC1NC(=O)c1ccncc1N. The fourth-order valence-electron chi connectivity index (χ4n) is 1.38. The lowest BCUT2D eigenvalue weighted by Crippen LogP contribution is -2.27. The number of nitrogens with one attached hydrogen (secondary N) is 1. The van der Waals surface area contributed by atoms with Gasteiger partial charge in [0.2, 0.25) is 0 Å². The highest BCUT2D eigenvalue weighted by Crippen LogP contribution is 2.29. The van der Waals surface area contributed by atoms with Gasteiger partial charge in [0.05, 0.1) is 17.4 Å². The minimum absolute atomic E-state index is 0.0979. The quantitative estimate of drug-likeness (QED) is 0.726. The van der Waals surface area contributed by atoms with Gasteiger partial charge in [0.15, 0.2) is 0 Å². The molecule has 1 aromatic rings. The van der Waals surface area contributed by atoms with Crippen molar-refractivity contribution in [2.24, 2.45) is 5.92 Å². The summed E-state index contributed by atoms with van der Waals surface area (Å²) in [6, 6.07) is 1.97. The van der Waals surface area contributed by atoms with Crippen LogP contribution in [0.5, 0.6) is 0 Å². The fraction of sp³-hybridized carbons (Fsp3) is 0.400. The van der Waals surface area contributed by atoms with Gasteiger partial charge in [-0.25, -0.2) is 0 Å². The molecule has 0 bridgehead atoms. The molecule has 1 aliphatic rings. The average molecular weight is 191 g/mol. The van der Waals surface area contributed by atoms with Gasteiger partial charge in [0.25, 0.3) is 5.91 Å². The summed E-state index contributed by atoms with van der Waals surface area (Å²) >= 11 is 0. The molecule has 0 radical (unpaired) electrons. The highest BCUT2D eigenvalue weighted by molar-refractivity contribution is 5.99. The first-order valence-electron chi connectivity index (χ1n) is 4.69. The van der Waals surface area contributed by atoms with Crippen molar-refractivity contribution in [3.8, 4) is 0 Å². The fourth-order valence-corrected chi connectivity index (χ4v) is 1.38. The number of aromatic nitrogens is 1. The van der Waals surface area contributed by atoms with Crippen molar-refractivity contribution < 1.29 is 4.79 Å². The number of hydrogen-bond acceptors (Lipinski definition) is 3. The Kier molecular flexibility index (Phi) is 2.11. The van der Waals surface area contributed by atoms with E-state index in [-0.39, 0.29) is 5.91 Å². The number of nitrogens with zero attached hydrogens (tertiary/aromatic N) is 1. The highest BCUT2D eigenvalue weighted by Gasteiger charge is 2.34. The third kappa shape index (κ3) is 1.69. The van der Waals surface area contributed by atoms with Crippen LogP contribution in [-0.4, -0.2) is 16.9 Å². The molecule has 1 aromatic heterocycles. The van der Waals surface area contributed by atoms with Crippen LogP contribution in [0.15, 0.2) is 18.5 Å². The molecule has 1 saturated carbocycles. The largest absolute Gasteiger partial charge is 0.397 e. The van der Waals surface area contributed by atoms with Crippen LogP contribution in [0.4, 0.5) is 5.69 Å². The zero-order valence-corrected chi connectivity index (χ0v) is 8.03. The van der Waals surface area contributed by atoms with E-state index in [0.717, 1.165) is 6.42 Å². The Morgan fingerprint density at radius 1 is 1.71 bits per heavy atom. The standard InChI is InChI=1S/C10H13N3O/c1-6-4-9(6)13-10(14)7-2-3-12-5-8(7)11/h2-3,5-6,9H,4,11H2,1H3,(H,13,14). The Morgan fingerprint density at radius 3 is 3.00 bits per heavy atom. The zero-order chi connectivity index (χ0) is 10.1. The smallest absolute Gasteiger partial charge is 0.253 e. The van der Waals surface area contributed by atoms with Crippen LogP contribution in [0.25, 0.3) is 0 Å². The summed E-state index contributed by atoms with van der Waals surface area (Å²) in [5, 5.41) is 2.91. The van der Waals surface area contributed by atoms with Crippen molar-refractivity contribution in [2.75, 3.05) is 5.73 Å². The number of rotatable bonds is 2. The van der Waals surface area contributed by atoms with Crippen molar-refractivity contribution in [3.63, 3.8) is 0 Å². The van der Waals surface area contributed by atoms with Crippen LogP contribution in [0, 0.1) is 5.92 Å². The van der Waals surface area contributed by atoms with E-state index in [1.807, 2.05) is 0 Å². The summed E-state index contributed by atoms with van der Waals surface area (Å²) in [4.78, 5) is 15.5. The van der Waals surface area contributed by atoms with Crippen LogP contribution in [-0.2, 0) is 0 Å². The number of anilines is 1. The molecule has 0 saturated heterocycles. The molecule has 1 amide bonds. The second-order valence-electron chi connectivity index (χ2n) is 3.76. The normalized spacial score (nSPS) is 24.4. The number of pyridine rings is 1. The molecular weight excluding hydrogens is 178 g/mol. The summed E-state index contributed by atoms with van der Waals surface area (Å²) in [6.07, 6.45) is 4.13. The van der Waals surface area contributed by atoms with E-state index in [9.17, 15) is 4.79 Å². The number of hydrogen-bond donors (Lipinski definition) is 2. The zero-order valence-electron chi connectivity index (χ0n) is 8.03. The van der Waals surface area contributed by atoms with Crippen LogP contribution in [0.1, 0.15) is 23.7 Å². The lowest BCUT2D eigenvalue weighted by Gasteiger charge is -2.05. The highest BCUT2D eigenvalue weighted by atomic mass is 16.1. The monoisotopic (exact) mass is 191 g/mol. The Labute approximate surface area is 82.5 Å².